The maximum absolute atomic E-state index is 13.8. The zero-order valence-corrected chi connectivity index (χ0v) is 21.6. The van der Waals surface area contributed by atoms with Crippen LogP contribution in [-0.2, 0) is 4.74 Å². The van der Waals surface area contributed by atoms with E-state index in [1.54, 1.807) is 23.1 Å². The lowest BCUT2D eigenvalue weighted by Crippen LogP contribution is -2.43. The molecule has 1 saturated heterocycles. The average molecular weight is 528 g/mol. The lowest BCUT2D eigenvalue weighted by Gasteiger charge is -2.29. The monoisotopic (exact) mass is 527 g/mol. The summed E-state index contributed by atoms with van der Waals surface area (Å²) in [4.78, 5) is 22.5. The number of methoxy groups -OCH3 is 3. The first kappa shape index (κ1) is 26.3. The number of fused-ring (bicyclic) bond motifs is 1. The Morgan fingerprint density at radius 3 is 2.41 bits per heavy atom. The van der Waals surface area contributed by atoms with E-state index in [0.29, 0.717) is 59.3 Å². The van der Waals surface area contributed by atoms with Crippen molar-refractivity contribution in [1.82, 2.24) is 9.88 Å². The van der Waals surface area contributed by atoms with Gasteiger partial charge in [0.25, 0.3) is 5.91 Å². The van der Waals surface area contributed by atoms with E-state index in [0.717, 1.165) is 23.3 Å². The van der Waals surface area contributed by atoms with Crippen LogP contribution in [0.1, 0.15) is 10.4 Å². The van der Waals surface area contributed by atoms with Crippen LogP contribution in [0.3, 0.4) is 0 Å². The number of benzene rings is 2. The number of halogens is 2. The molecule has 1 aromatic heterocycles. The van der Waals surface area contributed by atoms with Gasteiger partial charge in [0.1, 0.15) is 0 Å². The van der Waals surface area contributed by atoms with Gasteiger partial charge >= 0.3 is 0 Å². The van der Waals surface area contributed by atoms with Crippen LogP contribution in [-0.4, -0.2) is 76.5 Å². The van der Waals surface area contributed by atoms with E-state index in [9.17, 15) is 4.79 Å². The molecule has 2 aromatic carbocycles. The SMILES string of the molecule is COc1cc(C(=O)N(CCN2CCOCC2)c2nc3ccc(Cl)cc3s2)cc(OC)c1OC.Cl. The highest BCUT2D eigenvalue weighted by atomic mass is 35.5. The maximum Gasteiger partial charge on any atom is 0.260 e. The maximum atomic E-state index is 13.8. The van der Waals surface area contributed by atoms with Crippen LogP contribution in [0.4, 0.5) is 5.13 Å². The molecule has 0 saturated carbocycles. The molecule has 184 valence electrons. The zero-order valence-electron chi connectivity index (χ0n) is 19.2. The second kappa shape index (κ2) is 11.9. The van der Waals surface area contributed by atoms with Crippen molar-refractivity contribution in [1.29, 1.82) is 0 Å². The Hall–Kier alpha value is -2.30. The number of carbonyl (C=O) groups excluding carboxylic acids is 1. The third-order valence-corrected chi connectivity index (χ3v) is 6.75. The van der Waals surface area contributed by atoms with E-state index in [2.05, 4.69) is 4.90 Å². The third kappa shape index (κ3) is 5.67. The van der Waals surface area contributed by atoms with Gasteiger partial charge in [-0.05, 0) is 30.3 Å². The van der Waals surface area contributed by atoms with Gasteiger partial charge in [0, 0.05) is 36.8 Å². The number of carbonyl (C=O) groups is 1. The summed E-state index contributed by atoms with van der Waals surface area (Å²) in [5, 5.41) is 1.24. The Balaban J connectivity index is 0.00000324. The molecule has 2 heterocycles. The number of amides is 1. The first-order chi connectivity index (χ1) is 16.0. The van der Waals surface area contributed by atoms with E-state index in [1.165, 1.54) is 32.7 Å². The highest BCUT2D eigenvalue weighted by molar-refractivity contribution is 7.22. The number of thiazole rings is 1. The van der Waals surface area contributed by atoms with E-state index < -0.39 is 0 Å². The predicted octanol–water partition coefficient (Wildman–Crippen LogP) is 4.38. The van der Waals surface area contributed by atoms with Crippen LogP contribution >= 0.6 is 35.3 Å². The van der Waals surface area contributed by atoms with Gasteiger partial charge in [-0.2, -0.15) is 0 Å². The molecule has 1 amide bonds. The standard InChI is InChI=1S/C23H26ClN3O5S.ClH/c1-29-18-12-15(13-19(30-2)21(18)31-3)22(28)27(7-6-26-8-10-32-11-9-26)23-25-17-5-4-16(24)14-20(17)33-23;/h4-5,12-14H,6-11H2,1-3H3;1H. The number of anilines is 1. The predicted molar refractivity (Wildman–Crippen MR) is 137 cm³/mol. The van der Waals surface area contributed by atoms with Crippen LogP contribution < -0.4 is 19.1 Å². The minimum absolute atomic E-state index is 0. The number of nitrogens with zero attached hydrogens (tertiary/aromatic N) is 3. The summed E-state index contributed by atoms with van der Waals surface area (Å²) in [5.41, 5.74) is 1.22. The van der Waals surface area contributed by atoms with E-state index in [1.807, 2.05) is 12.1 Å². The summed E-state index contributed by atoms with van der Waals surface area (Å²) in [6.07, 6.45) is 0. The molecule has 34 heavy (non-hydrogen) atoms. The summed E-state index contributed by atoms with van der Waals surface area (Å²) in [6.45, 7) is 4.24. The topological polar surface area (TPSA) is 73.4 Å². The quantitative estimate of drug-likeness (QED) is 0.430. The second-order valence-corrected chi connectivity index (χ2v) is 8.88. The van der Waals surface area contributed by atoms with E-state index in [4.69, 9.17) is 35.5 Å². The Labute approximate surface area is 213 Å². The van der Waals surface area contributed by atoms with Gasteiger partial charge in [0.15, 0.2) is 16.6 Å². The highest BCUT2D eigenvalue weighted by Crippen LogP contribution is 2.39. The van der Waals surface area contributed by atoms with E-state index >= 15 is 0 Å². The molecule has 1 aliphatic heterocycles. The van der Waals surface area contributed by atoms with Crippen molar-refractivity contribution >= 4 is 56.6 Å². The molecular formula is C23H27Cl2N3O5S. The second-order valence-electron chi connectivity index (χ2n) is 7.43. The van der Waals surface area contributed by atoms with Crippen molar-refractivity contribution in [2.75, 3.05) is 65.6 Å². The number of morpholine rings is 1. The Morgan fingerprint density at radius 2 is 1.79 bits per heavy atom. The molecular weight excluding hydrogens is 501 g/mol. The third-order valence-electron chi connectivity index (χ3n) is 5.47. The fraction of sp³-hybridized carbons (Fsp3) is 0.391. The van der Waals surface area contributed by atoms with Crippen LogP contribution in [0.2, 0.25) is 5.02 Å². The number of aromatic nitrogens is 1. The lowest BCUT2D eigenvalue weighted by molar-refractivity contribution is 0.0391. The fourth-order valence-electron chi connectivity index (χ4n) is 3.71. The van der Waals surface area contributed by atoms with Gasteiger partial charge in [-0.15, -0.1) is 12.4 Å². The Bertz CT molecular complexity index is 1110. The fourth-order valence-corrected chi connectivity index (χ4v) is 4.98. The summed E-state index contributed by atoms with van der Waals surface area (Å²) in [5.74, 6) is 1.08. The van der Waals surface area contributed by atoms with Gasteiger partial charge in [-0.1, -0.05) is 22.9 Å². The molecule has 0 radical (unpaired) electrons. The molecule has 0 aliphatic carbocycles. The van der Waals surface area contributed by atoms with Gasteiger partial charge in [-0.25, -0.2) is 4.98 Å². The van der Waals surface area contributed by atoms with Crippen molar-refractivity contribution in [3.8, 4) is 17.2 Å². The normalized spacial score (nSPS) is 13.9. The number of rotatable bonds is 8. The minimum Gasteiger partial charge on any atom is -0.493 e. The van der Waals surface area contributed by atoms with Crippen molar-refractivity contribution in [2.45, 2.75) is 0 Å². The summed E-state index contributed by atoms with van der Waals surface area (Å²) < 4.78 is 22.7. The number of hydrogen-bond acceptors (Lipinski definition) is 8. The lowest BCUT2D eigenvalue weighted by atomic mass is 10.1. The van der Waals surface area contributed by atoms with Gasteiger partial charge in [0.2, 0.25) is 5.75 Å². The van der Waals surface area contributed by atoms with Crippen LogP contribution in [0.5, 0.6) is 17.2 Å². The number of ether oxygens (including phenoxy) is 4. The van der Waals surface area contributed by atoms with Crippen LogP contribution in [0.15, 0.2) is 30.3 Å². The first-order valence-electron chi connectivity index (χ1n) is 10.5. The molecule has 3 aromatic rings. The molecule has 1 aliphatic rings. The van der Waals surface area contributed by atoms with Crippen molar-refractivity contribution in [3.63, 3.8) is 0 Å². The average Bonchev–Trinajstić information content (AvgIpc) is 3.26. The molecule has 4 rings (SSSR count). The van der Waals surface area contributed by atoms with Crippen LogP contribution in [0.25, 0.3) is 10.2 Å². The highest BCUT2D eigenvalue weighted by Gasteiger charge is 2.25. The summed E-state index contributed by atoms with van der Waals surface area (Å²) >= 11 is 7.60. The molecule has 11 heteroatoms. The van der Waals surface area contributed by atoms with Crippen molar-refractivity contribution in [3.05, 3.63) is 40.9 Å². The summed E-state index contributed by atoms with van der Waals surface area (Å²) in [7, 11) is 4.58. The summed E-state index contributed by atoms with van der Waals surface area (Å²) in [6, 6.07) is 8.85. The molecule has 8 nitrogen and oxygen atoms in total. The molecule has 0 atom stereocenters. The Kier molecular flexibility index (Phi) is 9.21. The van der Waals surface area contributed by atoms with Gasteiger partial charge in [-0.3, -0.25) is 14.6 Å². The molecule has 0 bridgehead atoms. The van der Waals surface area contributed by atoms with Crippen molar-refractivity contribution < 1.29 is 23.7 Å². The Morgan fingerprint density at radius 1 is 1.12 bits per heavy atom. The van der Waals surface area contributed by atoms with Gasteiger partial charge in [0.05, 0.1) is 44.8 Å². The van der Waals surface area contributed by atoms with E-state index in [-0.39, 0.29) is 18.3 Å². The molecule has 1 fully saturated rings. The molecule has 0 N–H and O–H groups in total. The van der Waals surface area contributed by atoms with Gasteiger partial charge < -0.3 is 18.9 Å². The van der Waals surface area contributed by atoms with Crippen LogP contribution in [0, 0.1) is 0 Å². The smallest absolute Gasteiger partial charge is 0.260 e. The molecule has 0 spiro atoms. The zero-order chi connectivity index (χ0) is 23.4. The first-order valence-corrected chi connectivity index (χ1v) is 11.7. The largest absolute Gasteiger partial charge is 0.493 e. The number of hydrogen-bond donors (Lipinski definition) is 0. The molecule has 0 unspecified atom stereocenters. The van der Waals surface area contributed by atoms with Crippen molar-refractivity contribution in [2.24, 2.45) is 0 Å². The minimum atomic E-state index is -0.201.